The number of primary amides is 1. The van der Waals surface area contributed by atoms with Gasteiger partial charge >= 0.3 is 0 Å². The molecule has 28 heavy (non-hydrogen) atoms. The molecule has 5 N–H and O–H groups in total. The molecule has 1 aromatic carbocycles. The zero-order chi connectivity index (χ0) is 20.6. The molecule has 0 radical (unpaired) electrons. The van der Waals surface area contributed by atoms with Crippen molar-refractivity contribution in [2.24, 2.45) is 11.5 Å². The molecular weight excluding hydrogens is 357 g/mol. The van der Waals surface area contributed by atoms with E-state index in [4.69, 9.17) is 11.5 Å². The van der Waals surface area contributed by atoms with Gasteiger partial charge in [-0.1, -0.05) is 18.2 Å². The van der Waals surface area contributed by atoms with E-state index in [1.807, 2.05) is 43.5 Å². The minimum absolute atomic E-state index is 0.0820. The van der Waals surface area contributed by atoms with Crippen LogP contribution < -0.4 is 16.8 Å². The summed E-state index contributed by atoms with van der Waals surface area (Å²) in [7, 11) is 0. The van der Waals surface area contributed by atoms with Gasteiger partial charge in [0, 0.05) is 17.8 Å². The van der Waals surface area contributed by atoms with Crippen LogP contribution in [0.5, 0.6) is 0 Å². The van der Waals surface area contributed by atoms with Crippen LogP contribution in [0.3, 0.4) is 0 Å². The highest BCUT2D eigenvalue weighted by Crippen LogP contribution is 2.31. The summed E-state index contributed by atoms with van der Waals surface area (Å²) in [5.74, 6) is -0.622. The van der Waals surface area contributed by atoms with Crippen LogP contribution in [0, 0.1) is 0 Å². The monoisotopic (exact) mass is 383 g/mol. The number of hydrogen-bond acceptors (Lipinski definition) is 4. The molecule has 0 unspecified atom stereocenters. The second-order valence-corrected chi connectivity index (χ2v) is 7.70. The molecule has 6 nitrogen and oxygen atoms in total. The molecule has 0 saturated heterocycles. The van der Waals surface area contributed by atoms with Gasteiger partial charge in [0.25, 0.3) is 5.91 Å². The van der Waals surface area contributed by atoms with E-state index in [1.54, 1.807) is 11.4 Å². The third-order valence-corrected chi connectivity index (χ3v) is 5.04. The van der Waals surface area contributed by atoms with Crippen molar-refractivity contribution in [1.29, 1.82) is 0 Å². The number of carbonyl (C=O) groups excluding carboxylic acids is 1. The summed E-state index contributed by atoms with van der Waals surface area (Å²) in [6.45, 7) is 6.61. The first-order valence-corrected chi connectivity index (χ1v) is 9.20. The minimum Gasteiger partial charge on any atom is -0.377 e. The van der Waals surface area contributed by atoms with E-state index in [1.165, 1.54) is 20.0 Å². The second-order valence-electron chi connectivity index (χ2n) is 7.70. The van der Waals surface area contributed by atoms with Crippen LogP contribution in [0.1, 0.15) is 49.7 Å². The summed E-state index contributed by atoms with van der Waals surface area (Å²) in [6.07, 6.45) is 3.26. The van der Waals surface area contributed by atoms with Crippen LogP contribution in [-0.2, 0) is 0 Å². The summed E-state index contributed by atoms with van der Waals surface area (Å²) in [6, 6.07) is 9.21. The van der Waals surface area contributed by atoms with Gasteiger partial charge in [-0.2, -0.15) is 5.10 Å². The first-order chi connectivity index (χ1) is 13.1. The van der Waals surface area contributed by atoms with Crippen molar-refractivity contribution >= 4 is 17.1 Å². The number of nitrogens with one attached hydrogen (secondary N) is 1. The molecule has 0 aliphatic heterocycles. The Labute approximate surface area is 163 Å². The largest absolute Gasteiger partial charge is 0.377 e. The molecule has 2 aromatic heterocycles. The van der Waals surface area contributed by atoms with Crippen LogP contribution in [0.15, 0.2) is 42.7 Å². The highest BCUT2D eigenvalue weighted by Gasteiger charge is 2.27. The number of fused-ring (bicyclic) bond motifs is 1. The molecule has 0 fully saturated rings. The number of carbonyl (C=O) groups is 1. The SMILES string of the molecule is C[C@@H](N)c1cccc(-c2cc3c(N[C@H](C)C(C)(C)F)c(C(N)=O)cnn3c2)c1. The van der Waals surface area contributed by atoms with Gasteiger partial charge in [0.1, 0.15) is 5.67 Å². The van der Waals surface area contributed by atoms with Gasteiger partial charge < -0.3 is 16.8 Å². The van der Waals surface area contributed by atoms with Crippen molar-refractivity contribution in [3.63, 3.8) is 0 Å². The summed E-state index contributed by atoms with van der Waals surface area (Å²) in [5.41, 5.74) is 14.3. The van der Waals surface area contributed by atoms with E-state index >= 15 is 0 Å². The fourth-order valence-electron chi connectivity index (χ4n) is 2.94. The summed E-state index contributed by atoms with van der Waals surface area (Å²) in [5, 5.41) is 7.41. The number of nitrogens with two attached hydrogens (primary N) is 2. The molecule has 0 spiro atoms. The third-order valence-electron chi connectivity index (χ3n) is 5.04. The molecule has 0 aliphatic carbocycles. The average Bonchev–Trinajstić information content (AvgIpc) is 3.05. The fourth-order valence-corrected chi connectivity index (χ4v) is 2.94. The molecule has 1 amide bonds. The van der Waals surface area contributed by atoms with Gasteiger partial charge in [-0.05, 0) is 51.0 Å². The number of aromatic nitrogens is 2. The molecule has 2 heterocycles. The molecule has 148 valence electrons. The van der Waals surface area contributed by atoms with Crippen molar-refractivity contribution in [2.75, 3.05) is 5.32 Å². The van der Waals surface area contributed by atoms with Crippen molar-refractivity contribution in [3.05, 3.63) is 53.9 Å². The molecule has 2 atom stereocenters. The Morgan fingerprint density at radius 3 is 2.57 bits per heavy atom. The van der Waals surface area contributed by atoms with Gasteiger partial charge in [0.05, 0.1) is 29.0 Å². The smallest absolute Gasteiger partial charge is 0.252 e. The fraction of sp³-hybridized carbons (Fsp3) is 0.333. The van der Waals surface area contributed by atoms with E-state index in [0.717, 1.165) is 16.7 Å². The average molecular weight is 383 g/mol. The van der Waals surface area contributed by atoms with Crippen molar-refractivity contribution in [2.45, 2.75) is 45.4 Å². The lowest BCUT2D eigenvalue weighted by Crippen LogP contribution is -2.36. The number of benzene rings is 1. The number of halogens is 1. The molecule has 7 heteroatoms. The highest BCUT2D eigenvalue weighted by atomic mass is 19.1. The van der Waals surface area contributed by atoms with Gasteiger partial charge in [-0.3, -0.25) is 4.79 Å². The van der Waals surface area contributed by atoms with Crippen molar-refractivity contribution in [1.82, 2.24) is 9.61 Å². The Morgan fingerprint density at radius 2 is 1.96 bits per heavy atom. The standard InChI is InChI=1S/C21H26FN5O/c1-12(23)14-6-5-7-15(8-14)16-9-18-19(26-13(2)21(3,4)22)17(20(24)28)10-25-27(18)11-16/h5-13,26H,23H2,1-4H3,(H2,24,28)/t12-,13-/m1/s1. The highest BCUT2D eigenvalue weighted by molar-refractivity contribution is 6.02. The van der Waals surface area contributed by atoms with E-state index in [-0.39, 0.29) is 11.6 Å². The maximum Gasteiger partial charge on any atom is 0.252 e. The predicted octanol–water partition coefficient (Wildman–Crippen LogP) is 3.67. The van der Waals surface area contributed by atoms with Gasteiger partial charge in [-0.25, -0.2) is 8.91 Å². The lowest BCUT2D eigenvalue weighted by atomic mass is 10.0. The third kappa shape index (κ3) is 3.84. The zero-order valence-electron chi connectivity index (χ0n) is 16.5. The Morgan fingerprint density at radius 1 is 1.25 bits per heavy atom. The Hall–Kier alpha value is -2.93. The maximum absolute atomic E-state index is 14.4. The Kier molecular flexibility index (Phi) is 5.12. The minimum atomic E-state index is -1.49. The topological polar surface area (TPSA) is 98.4 Å². The number of nitrogens with zero attached hydrogens (tertiary/aromatic N) is 2. The van der Waals surface area contributed by atoms with E-state index < -0.39 is 17.6 Å². The van der Waals surface area contributed by atoms with Crippen LogP contribution >= 0.6 is 0 Å². The summed E-state index contributed by atoms with van der Waals surface area (Å²) in [4.78, 5) is 11.9. The van der Waals surface area contributed by atoms with Gasteiger partial charge in [0.2, 0.25) is 0 Å². The maximum atomic E-state index is 14.4. The van der Waals surface area contributed by atoms with Crippen molar-refractivity contribution in [3.8, 4) is 11.1 Å². The molecule has 0 bridgehead atoms. The van der Waals surface area contributed by atoms with Crippen molar-refractivity contribution < 1.29 is 9.18 Å². The first-order valence-electron chi connectivity index (χ1n) is 9.20. The number of hydrogen-bond donors (Lipinski definition) is 3. The van der Waals surface area contributed by atoms with Crippen LogP contribution in [0.25, 0.3) is 16.6 Å². The zero-order valence-corrected chi connectivity index (χ0v) is 16.5. The quantitative estimate of drug-likeness (QED) is 0.605. The predicted molar refractivity (Wildman–Crippen MR) is 110 cm³/mol. The van der Waals surface area contributed by atoms with E-state index in [2.05, 4.69) is 10.4 Å². The van der Waals surface area contributed by atoms with Crippen LogP contribution in [0.2, 0.25) is 0 Å². The number of amides is 1. The van der Waals surface area contributed by atoms with Crippen LogP contribution in [-0.4, -0.2) is 27.2 Å². The van der Waals surface area contributed by atoms with Gasteiger partial charge in [0.15, 0.2) is 0 Å². The first kappa shape index (κ1) is 19.8. The molecule has 0 saturated carbocycles. The Balaban J connectivity index is 2.14. The summed E-state index contributed by atoms with van der Waals surface area (Å²) >= 11 is 0. The molecule has 0 aliphatic rings. The lowest BCUT2D eigenvalue weighted by molar-refractivity contribution is 0.1000. The number of alkyl halides is 1. The Bertz CT molecular complexity index is 1020. The number of anilines is 1. The molecular formula is C21H26FN5O. The lowest BCUT2D eigenvalue weighted by Gasteiger charge is -2.26. The van der Waals surface area contributed by atoms with E-state index in [9.17, 15) is 9.18 Å². The van der Waals surface area contributed by atoms with Crippen LogP contribution in [0.4, 0.5) is 10.1 Å². The van der Waals surface area contributed by atoms with E-state index in [0.29, 0.717) is 11.2 Å². The number of rotatable bonds is 6. The second kappa shape index (κ2) is 7.24. The normalized spacial score (nSPS) is 14.1. The molecule has 3 rings (SSSR count). The molecule has 3 aromatic rings. The van der Waals surface area contributed by atoms with Gasteiger partial charge in [-0.15, -0.1) is 0 Å². The summed E-state index contributed by atoms with van der Waals surface area (Å²) < 4.78 is 16.0.